The van der Waals surface area contributed by atoms with E-state index < -0.39 is 11.9 Å². The predicted octanol–water partition coefficient (Wildman–Crippen LogP) is 0.566. The van der Waals surface area contributed by atoms with Gasteiger partial charge < -0.3 is 9.47 Å². The van der Waals surface area contributed by atoms with Crippen LogP contribution in [0.2, 0.25) is 0 Å². The molecule has 0 aromatic heterocycles. The molecule has 0 amide bonds. The van der Waals surface area contributed by atoms with Crippen LogP contribution in [0.5, 0.6) is 0 Å². The number of carbonyl (C=O) groups excluding carboxylic acids is 2. The highest BCUT2D eigenvalue weighted by atomic mass is 35.5. The Morgan fingerprint density at radius 3 is 1.45 bits per heavy atom. The van der Waals surface area contributed by atoms with Crippen molar-refractivity contribution in [1.29, 1.82) is 0 Å². The van der Waals surface area contributed by atoms with E-state index in [-0.39, 0.29) is 31.2 Å². The first-order valence-electron chi connectivity index (χ1n) is 2.34. The van der Waals surface area contributed by atoms with Crippen LogP contribution in [-0.4, -0.2) is 26.2 Å². The molecule has 0 saturated heterocycles. The highest BCUT2D eigenvalue weighted by molar-refractivity contribution is 5.90. The predicted molar refractivity (Wildman–Crippen MR) is 43.1 cm³/mol. The maximum Gasteiger partial charge on any atom is 0.316 e. The van der Waals surface area contributed by atoms with Gasteiger partial charge in [0.25, 0.3) is 0 Å². The fourth-order valence-corrected chi connectivity index (χ4v) is 0.262. The Morgan fingerprint density at radius 2 is 1.27 bits per heavy atom. The normalized spacial score (nSPS) is 6.73. The van der Waals surface area contributed by atoms with E-state index in [1.165, 1.54) is 14.2 Å². The van der Waals surface area contributed by atoms with Gasteiger partial charge in [0.05, 0.1) is 14.2 Å². The van der Waals surface area contributed by atoms with Gasteiger partial charge in [-0.25, -0.2) is 0 Å². The Labute approximate surface area is 77.1 Å². The average Bonchev–Trinajstić information content (AvgIpc) is 1.87. The monoisotopic (exact) mass is 204 g/mol. The van der Waals surface area contributed by atoms with E-state index >= 15 is 0 Å². The van der Waals surface area contributed by atoms with Crippen molar-refractivity contribution in [2.75, 3.05) is 14.2 Å². The van der Waals surface area contributed by atoms with Crippen molar-refractivity contribution in [1.82, 2.24) is 0 Å². The van der Waals surface area contributed by atoms with E-state index in [1.54, 1.807) is 0 Å². The molecule has 0 N–H and O–H groups in total. The van der Waals surface area contributed by atoms with E-state index in [4.69, 9.17) is 0 Å². The van der Waals surface area contributed by atoms with Crippen molar-refractivity contribution in [3.63, 3.8) is 0 Å². The first-order valence-corrected chi connectivity index (χ1v) is 2.34. The summed E-state index contributed by atoms with van der Waals surface area (Å²) in [5, 5.41) is 0. The lowest BCUT2D eigenvalue weighted by molar-refractivity contribution is -0.151. The molecule has 0 spiro atoms. The number of methoxy groups -OCH3 is 2. The first kappa shape index (κ1) is 16.9. The van der Waals surface area contributed by atoms with E-state index in [1.807, 2.05) is 0 Å². The van der Waals surface area contributed by atoms with Gasteiger partial charge in [0.15, 0.2) is 0 Å². The number of halogens is 2. The number of ether oxygens (including phenoxy) is 2. The van der Waals surface area contributed by atoms with Crippen molar-refractivity contribution in [3.05, 3.63) is 0 Å². The largest absolute Gasteiger partial charge is 0.469 e. The van der Waals surface area contributed by atoms with E-state index in [9.17, 15) is 9.59 Å². The maximum atomic E-state index is 10.3. The van der Waals surface area contributed by atoms with Crippen LogP contribution in [0.4, 0.5) is 0 Å². The highest BCUT2D eigenvalue weighted by Crippen LogP contribution is 1.85. The van der Waals surface area contributed by atoms with Crippen LogP contribution in [0, 0.1) is 0 Å². The summed E-state index contributed by atoms with van der Waals surface area (Å²) in [5.74, 6) is -1.16. The fraction of sp³-hybridized carbons (Fsp3) is 0.600. The van der Waals surface area contributed by atoms with Gasteiger partial charge in [-0.1, -0.05) is 0 Å². The van der Waals surface area contributed by atoms with Crippen LogP contribution in [0.1, 0.15) is 6.42 Å². The third kappa shape index (κ3) is 9.52. The number of rotatable bonds is 2. The zero-order valence-electron chi connectivity index (χ0n) is 6.16. The standard InChI is InChI=1S/C5H8O4.2ClH/c1-8-4(6)3-5(7)9-2;;/h3H2,1-2H3;2*1H. The van der Waals surface area contributed by atoms with Gasteiger partial charge in [-0.05, 0) is 0 Å². The molecule has 0 unspecified atom stereocenters. The molecule has 0 fully saturated rings. The molecule has 0 aromatic rings. The summed E-state index contributed by atoms with van der Waals surface area (Å²) in [6.45, 7) is 0. The molecule has 11 heavy (non-hydrogen) atoms. The minimum atomic E-state index is -0.582. The van der Waals surface area contributed by atoms with Gasteiger partial charge in [-0.3, -0.25) is 9.59 Å². The summed E-state index contributed by atoms with van der Waals surface area (Å²) in [5.41, 5.74) is 0. The Hall–Kier alpha value is -0.480. The molecule has 0 bridgehead atoms. The SMILES string of the molecule is COC(=O)CC(=O)OC.Cl.Cl. The molecule has 0 heterocycles. The molecule has 0 saturated carbocycles. The second-order valence-electron chi connectivity index (χ2n) is 1.33. The van der Waals surface area contributed by atoms with E-state index in [2.05, 4.69) is 9.47 Å². The van der Waals surface area contributed by atoms with E-state index in [0.29, 0.717) is 0 Å². The third-order valence-corrected chi connectivity index (χ3v) is 0.744. The number of hydrogen-bond donors (Lipinski definition) is 0. The van der Waals surface area contributed by atoms with Crippen LogP contribution in [0.25, 0.3) is 0 Å². The molecule has 4 nitrogen and oxygen atoms in total. The Bertz CT molecular complexity index is 112. The zero-order valence-corrected chi connectivity index (χ0v) is 7.79. The minimum Gasteiger partial charge on any atom is -0.469 e. The summed E-state index contributed by atoms with van der Waals surface area (Å²) in [4.78, 5) is 20.5. The van der Waals surface area contributed by atoms with Crippen molar-refractivity contribution >= 4 is 36.8 Å². The molecule has 0 rings (SSSR count). The molecule has 0 aromatic carbocycles. The fourth-order valence-electron chi connectivity index (χ4n) is 0.262. The van der Waals surface area contributed by atoms with Gasteiger partial charge >= 0.3 is 11.9 Å². The van der Waals surface area contributed by atoms with Crippen molar-refractivity contribution < 1.29 is 19.1 Å². The number of hydrogen-bond acceptors (Lipinski definition) is 4. The Balaban J connectivity index is -0.000000320. The van der Waals surface area contributed by atoms with Crippen LogP contribution < -0.4 is 0 Å². The third-order valence-electron chi connectivity index (χ3n) is 0.744. The summed E-state index contributed by atoms with van der Waals surface area (Å²) in [6, 6.07) is 0. The van der Waals surface area contributed by atoms with Gasteiger partial charge in [0, 0.05) is 0 Å². The van der Waals surface area contributed by atoms with Crippen molar-refractivity contribution in [2.24, 2.45) is 0 Å². The lowest BCUT2D eigenvalue weighted by atomic mass is 10.4. The Kier molecular flexibility index (Phi) is 14.6. The lowest BCUT2D eigenvalue weighted by Gasteiger charge is -1.95. The second kappa shape index (κ2) is 9.52. The lowest BCUT2D eigenvalue weighted by Crippen LogP contribution is -2.09. The molecular formula is C5H10Cl2O4. The Morgan fingerprint density at radius 1 is 1.00 bits per heavy atom. The van der Waals surface area contributed by atoms with Crippen LogP contribution in [0.15, 0.2) is 0 Å². The van der Waals surface area contributed by atoms with Crippen LogP contribution >= 0.6 is 24.8 Å². The molecule has 68 valence electrons. The van der Waals surface area contributed by atoms with E-state index in [0.717, 1.165) is 0 Å². The van der Waals surface area contributed by atoms with Crippen LogP contribution in [-0.2, 0) is 19.1 Å². The maximum absolute atomic E-state index is 10.3. The minimum absolute atomic E-state index is 0. The zero-order chi connectivity index (χ0) is 7.28. The molecule has 0 radical (unpaired) electrons. The summed E-state index contributed by atoms with van der Waals surface area (Å²) in [6.07, 6.45) is -0.312. The second-order valence-corrected chi connectivity index (χ2v) is 1.33. The van der Waals surface area contributed by atoms with Crippen molar-refractivity contribution in [2.45, 2.75) is 6.42 Å². The highest BCUT2D eigenvalue weighted by Gasteiger charge is 2.07. The molecule has 0 aliphatic carbocycles. The van der Waals surface area contributed by atoms with Gasteiger partial charge in [-0.2, -0.15) is 0 Å². The topological polar surface area (TPSA) is 52.6 Å². The van der Waals surface area contributed by atoms with Crippen LogP contribution in [0.3, 0.4) is 0 Å². The summed E-state index contributed by atoms with van der Waals surface area (Å²) < 4.78 is 8.37. The average molecular weight is 205 g/mol. The van der Waals surface area contributed by atoms with Gasteiger partial charge in [0.1, 0.15) is 6.42 Å². The number of carbonyl (C=O) groups is 2. The first-order chi connectivity index (χ1) is 4.20. The van der Waals surface area contributed by atoms with Crippen molar-refractivity contribution in [3.8, 4) is 0 Å². The van der Waals surface area contributed by atoms with Gasteiger partial charge in [-0.15, -0.1) is 24.8 Å². The molecule has 0 aliphatic heterocycles. The molecule has 0 atom stereocenters. The quantitative estimate of drug-likeness (QED) is 0.488. The summed E-state index contributed by atoms with van der Waals surface area (Å²) in [7, 11) is 2.43. The summed E-state index contributed by atoms with van der Waals surface area (Å²) >= 11 is 0. The molecule has 6 heteroatoms. The van der Waals surface area contributed by atoms with Gasteiger partial charge in [0.2, 0.25) is 0 Å². The molecule has 0 aliphatic rings. The smallest absolute Gasteiger partial charge is 0.316 e. The molecular weight excluding hydrogens is 195 g/mol. The number of esters is 2.